The third-order valence-electron chi connectivity index (χ3n) is 3.70. The molecule has 0 aliphatic carbocycles. The smallest absolute Gasteiger partial charge is 0.317 e. The molecule has 1 fully saturated rings. The van der Waals surface area contributed by atoms with Gasteiger partial charge in [0.1, 0.15) is 5.01 Å². The zero-order valence-corrected chi connectivity index (χ0v) is 13.1. The number of nitrogens with zero attached hydrogens (tertiary/aromatic N) is 2. The maximum absolute atomic E-state index is 12.1. The Hall–Kier alpha value is -1.92. The van der Waals surface area contributed by atoms with E-state index in [4.69, 9.17) is 0 Å². The highest BCUT2D eigenvalue weighted by molar-refractivity contribution is 7.09. The number of benzene rings is 1. The Bertz CT molecular complexity index is 629. The maximum Gasteiger partial charge on any atom is 0.317 e. The predicted octanol–water partition coefficient (Wildman–Crippen LogP) is 2.48. The number of aliphatic hydroxyl groups excluding tert-OH is 1. The Morgan fingerprint density at radius 3 is 3.00 bits per heavy atom. The number of β-amino-alcohol motifs (C(OH)–C–C–N with tert-alkyl or cyclic N) is 1. The molecule has 5 nitrogen and oxygen atoms in total. The molecule has 1 atom stereocenters. The van der Waals surface area contributed by atoms with Gasteiger partial charge in [-0.05, 0) is 12.8 Å². The lowest BCUT2D eigenvalue weighted by atomic mass is 10.1. The van der Waals surface area contributed by atoms with Gasteiger partial charge >= 0.3 is 6.03 Å². The highest BCUT2D eigenvalue weighted by Gasteiger charge is 2.21. The van der Waals surface area contributed by atoms with E-state index in [1.165, 1.54) is 11.3 Å². The molecule has 1 aromatic carbocycles. The molecule has 1 unspecified atom stereocenters. The van der Waals surface area contributed by atoms with E-state index in [9.17, 15) is 9.90 Å². The number of rotatable bonds is 3. The van der Waals surface area contributed by atoms with E-state index in [1.807, 2.05) is 35.7 Å². The molecule has 1 aromatic heterocycles. The lowest BCUT2D eigenvalue weighted by Gasteiger charge is -2.29. The number of amides is 2. The van der Waals surface area contributed by atoms with Gasteiger partial charge in [0.2, 0.25) is 0 Å². The van der Waals surface area contributed by atoms with E-state index in [-0.39, 0.29) is 6.03 Å². The number of aliphatic hydroxyl groups is 1. The van der Waals surface area contributed by atoms with Gasteiger partial charge in [-0.3, -0.25) is 0 Å². The molecule has 0 spiro atoms. The van der Waals surface area contributed by atoms with Crippen molar-refractivity contribution in [1.29, 1.82) is 0 Å². The van der Waals surface area contributed by atoms with Crippen molar-refractivity contribution in [3.63, 3.8) is 0 Å². The predicted molar refractivity (Wildman–Crippen MR) is 86.6 cm³/mol. The van der Waals surface area contributed by atoms with Crippen molar-refractivity contribution < 1.29 is 9.90 Å². The first-order valence-electron chi connectivity index (χ1n) is 7.43. The van der Waals surface area contributed by atoms with E-state index in [2.05, 4.69) is 10.3 Å². The van der Waals surface area contributed by atoms with Gasteiger partial charge in [-0.2, -0.15) is 0 Å². The summed E-state index contributed by atoms with van der Waals surface area (Å²) in [5.41, 5.74) is 2.01. The summed E-state index contributed by atoms with van der Waals surface area (Å²) < 4.78 is 0. The molecule has 22 heavy (non-hydrogen) atoms. The highest BCUT2D eigenvalue weighted by Crippen LogP contribution is 2.21. The van der Waals surface area contributed by atoms with Crippen LogP contribution in [0, 0.1) is 0 Å². The molecule has 3 rings (SSSR count). The van der Waals surface area contributed by atoms with Crippen molar-refractivity contribution in [2.24, 2.45) is 0 Å². The lowest BCUT2D eigenvalue weighted by molar-refractivity contribution is 0.0842. The van der Waals surface area contributed by atoms with Gasteiger partial charge in [0.25, 0.3) is 0 Å². The summed E-state index contributed by atoms with van der Waals surface area (Å²) in [5, 5.41) is 15.4. The number of urea groups is 1. The second kappa shape index (κ2) is 6.89. The number of hydrogen-bond donors (Lipinski definition) is 2. The Kier molecular flexibility index (Phi) is 4.70. The van der Waals surface area contributed by atoms with Gasteiger partial charge in [-0.15, -0.1) is 11.3 Å². The van der Waals surface area contributed by atoms with Crippen LogP contribution in [0.2, 0.25) is 0 Å². The minimum absolute atomic E-state index is 0.129. The SMILES string of the molecule is O=C(NCc1nc(-c2ccccc2)cs1)N1CCCC(O)C1. The molecule has 6 heteroatoms. The fourth-order valence-corrected chi connectivity index (χ4v) is 3.28. The van der Waals surface area contributed by atoms with E-state index in [0.29, 0.717) is 19.6 Å². The molecule has 1 aliphatic heterocycles. The summed E-state index contributed by atoms with van der Waals surface area (Å²) in [5.74, 6) is 0. The van der Waals surface area contributed by atoms with E-state index >= 15 is 0 Å². The van der Waals surface area contributed by atoms with Crippen LogP contribution >= 0.6 is 11.3 Å². The Morgan fingerprint density at radius 2 is 2.23 bits per heavy atom. The van der Waals surface area contributed by atoms with Gasteiger partial charge in [-0.1, -0.05) is 30.3 Å². The molecular formula is C16H19N3O2S. The standard InChI is InChI=1S/C16H19N3O2S/c20-13-7-4-8-19(10-13)16(21)17-9-15-18-14(11-22-15)12-5-2-1-3-6-12/h1-3,5-6,11,13,20H,4,7-10H2,(H,17,21). The van der Waals surface area contributed by atoms with Crippen molar-refractivity contribution in [1.82, 2.24) is 15.2 Å². The molecule has 0 bridgehead atoms. The summed E-state index contributed by atoms with van der Waals surface area (Å²) in [4.78, 5) is 18.3. The lowest BCUT2D eigenvalue weighted by Crippen LogP contribution is -2.46. The first-order chi connectivity index (χ1) is 10.7. The van der Waals surface area contributed by atoms with Crippen LogP contribution in [0.3, 0.4) is 0 Å². The average Bonchev–Trinajstić information content (AvgIpc) is 3.02. The van der Waals surface area contributed by atoms with Gasteiger partial charge in [0.05, 0.1) is 18.3 Å². The average molecular weight is 317 g/mol. The zero-order valence-electron chi connectivity index (χ0n) is 12.2. The zero-order chi connectivity index (χ0) is 15.4. The van der Waals surface area contributed by atoms with Crippen molar-refractivity contribution in [2.75, 3.05) is 13.1 Å². The van der Waals surface area contributed by atoms with Crippen LogP contribution in [0.4, 0.5) is 4.79 Å². The number of likely N-dealkylation sites (tertiary alicyclic amines) is 1. The Labute approximate surface area is 133 Å². The van der Waals surface area contributed by atoms with Crippen molar-refractivity contribution in [3.8, 4) is 11.3 Å². The summed E-state index contributed by atoms with van der Waals surface area (Å²) in [6.07, 6.45) is 1.23. The molecule has 1 saturated heterocycles. The summed E-state index contributed by atoms with van der Waals surface area (Å²) >= 11 is 1.54. The number of nitrogens with one attached hydrogen (secondary N) is 1. The number of thiazole rings is 1. The molecule has 2 amide bonds. The van der Waals surface area contributed by atoms with Crippen molar-refractivity contribution in [3.05, 3.63) is 40.7 Å². The fourth-order valence-electron chi connectivity index (χ4n) is 2.54. The molecular weight excluding hydrogens is 298 g/mol. The molecule has 2 N–H and O–H groups in total. The molecule has 1 aliphatic rings. The van der Waals surface area contributed by atoms with Gasteiger partial charge in [-0.25, -0.2) is 9.78 Å². The Morgan fingerprint density at radius 1 is 1.41 bits per heavy atom. The monoisotopic (exact) mass is 317 g/mol. The largest absolute Gasteiger partial charge is 0.391 e. The van der Waals surface area contributed by atoms with Crippen LogP contribution in [0.1, 0.15) is 17.8 Å². The second-order valence-corrected chi connectivity index (χ2v) is 6.34. The quantitative estimate of drug-likeness (QED) is 0.914. The van der Waals surface area contributed by atoms with Crippen LogP contribution in [-0.4, -0.2) is 40.2 Å². The van der Waals surface area contributed by atoms with E-state index in [0.717, 1.165) is 29.1 Å². The van der Waals surface area contributed by atoms with Gasteiger partial charge in [0, 0.05) is 24.0 Å². The van der Waals surface area contributed by atoms with Crippen LogP contribution in [0.25, 0.3) is 11.3 Å². The maximum atomic E-state index is 12.1. The third-order valence-corrected chi connectivity index (χ3v) is 4.54. The van der Waals surface area contributed by atoms with Crippen molar-refractivity contribution in [2.45, 2.75) is 25.5 Å². The minimum atomic E-state index is -0.399. The van der Waals surface area contributed by atoms with Crippen LogP contribution in [0.5, 0.6) is 0 Å². The van der Waals surface area contributed by atoms with Crippen molar-refractivity contribution >= 4 is 17.4 Å². The molecule has 2 heterocycles. The number of carbonyl (C=O) groups excluding carboxylic acids is 1. The number of piperidine rings is 1. The van der Waals surface area contributed by atoms with Crippen LogP contribution in [0.15, 0.2) is 35.7 Å². The van der Waals surface area contributed by atoms with Gasteiger partial charge < -0.3 is 15.3 Å². The first kappa shape index (κ1) is 15.0. The first-order valence-corrected chi connectivity index (χ1v) is 8.31. The summed E-state index contributed by atoms with van der Waals surface area (Å²) in [6.45, 7) is 1.54. The topological polar surface area (TPSA) is 65.5 Å². The number of carbonyl (C=O) groups is 1. The van der Waals surface area contributed by atoms with E-state index in [1.54, 1.807) is 4.90 Å². The Balaban J connectivity index is 1.56. The number of hydrogen-bond acceptors (Lipinski definition) is 4. The molecule has 0 radical (unpaired) electrons. The second-order valence-electron chi connectivity index (χ2n) is 5.39. The third kappa shape index (κ3) is 3.64. The molecule has 0 saturated carbocycles. The summed E-state index contributed by atoms with van der Waals surface area (Å²) in [7, 11) is 0. The number of aromatic nitrogens is 1. The van der Waals surface area contributed by atoms with E-state index < -0.39 is 6.10 Å². The van der Waals surface area contributed by atoms with Crippen LogP contribution in [-0.2, 0) is 6.54 Å². The summed E-state index contributed by atoms with van der Waals surface area (Å²) in [6, 6.07) is 9.86. The molecule has 2 aromatic rings. The minimum Gasteiger partial charge on any atom is -0.391 e. The highest BCUT2D eigenvalue weighted by atomic mass is 32.1. The normalized spacial score (nSPS) is 18.2. The van der Waals surface area contributed by atoms with Gasteiger partial charge in [0.15, 0.2) is 0 Å². The fraction of sp³-hybridized carbons (Fsp3) is 0.375. The van der Waals surface area contributed by atoms with Crippen LogP contribution < -0.4 is 5.32 Å². The molecule has 116 valence electrons.